The number of nitrogens with zero attached hydrogens (tertiary/aromatic N) is 4. The third-order valence-corrected chi connectivity index (χ3v) is 6.21. The Labute approximate surface area is 161 Å². The summed E-state index contributed by atoms with van der Waals surface area (Å²) in [6.45, 7) is 2.24. The van der Waals surface area contributed by atoms with Crippen LogP contribution in [-0.2, 0) is 0 Å². The van der Waals surface area contributed by atoms with Crippen molar-refractivity contribution in [3.8, 4) is 0 Å². The van der Waals surface area contributed by atoms with Crippen molar-refractivity contribution >= 4 is 45.9 Å². The number of hydrogen-bond donors (Lipinski definition) is 2. The Balaban J connectivity index is 1.53. The number of nitrogens with one attached hydrogen (secondary N) is 1. The van der Waals surface area contributed by atoms with Crippen molar-refractivity contribution in [2.45, 2.75) is 44.4 Å². The van der Waals surface area contributed by atoms with E-state index >= 15 is 0 Å². The summed E-state index contributed by atoms with van der Waals surface area (Å²) in [4.78, 5) is 16.0. The number of nitrogen functional groups attached to an aromatic ring is 1. The SMILES string of the molecule is Nc1nc(Nc2ccc(N3CCCC3)cn2)nc(C2CCCC2)c1I. The fraction of sp³-hybridized carbons (Fsp3) is 0.500. The van der Waals surface area contributed by atoms with Gasteiger partial charge in [-0.05, 0) is 60.4 Å². The Kier molecular flexibility index (Phi) is 4.91. The molecule has 2 fully saturated rings. The average molecular weight is 450 g/mol. The van der Waals surface area contributed by atoms with Crippen molar-refractivity contribution in [3.05, 3.63) is 27.6 Å². The van der Waals surface area contributed by atoms with E-state index in [0.717, 1.165) is 28.2 Å². The molecule has 1 aliphatic heterocycles. The van der Waals surface area contributed by atoms with E-state index in [9.17, 15) is 0 Å². The van der Waals surface area contributed by atoms with Crippen LogP contribution >= 0.6 is 22.6 Å². The van der Waals surface area contributed by atoms with Gasteiger partial charge in [0.15, 0.2) is 0 Å². The van der Waals surface area contributed by atoms with Gasteiger partial charge in [-0.3, -0.25) is 0 Å². The highest BCUT2D eigenvalue weighted by atomic mass is 127. The van der Waals surface area contributed by atoms with E-state index in [1.165, 1.54) is 44.2 Å². The highest BCUT2D eigenvalue weighted by Gasteiger charge is 2.23. The lowest BCUT2D eigenvalue weighted by Crippen LogP contribution is -2.17. The largest absolute Gasteiger partial charge is 0.383 e. The Bertz CT molecular complexity index is 736. The van der Waals surface area contributed by atoms with E-state index in [2.05, 4.69) is 48.8 Å². The lowest BCUT2D eigenvalue weighted by molar-refractivity contribution is 0.691. The molecular weight excluding hydrogens is 427 g/mol. The van der Waals surface area contributed by atoms with Gasteiger partial charge in [0.25, 0.3) is 0 Å². The summed E-state index contributed by atoms with van der Waals surface area (Å²) >= 11 is 2.27. The molecule has 1 saturated carbocycles. The van der Waals surface area contributed by atoms with E-state index in [4.69, 9.17) is 10.7 Å². The molecule has 6 nitrogen and oxygen atoms in total. The molecule has 2 aromatic rings. The molecule has 0 bridgehead atoms. The Morgan fingerprint density at radius 3 is 2.52 bits per heavy atom. The van der Waals surface area contributed by atoms with E-state index in [1.54, 1.807) is 0 Å². The minimum absolute atomic E-state index is 0.503. The van der Waals surface area contributed by atoms with Crippen LogP contribution in [0.3, 0.4) is 0 Å². The van der Waals surface area contributed by atoms with Crippen LogP contribution in [0.4, 0.5) is 23.3 Å². The van der Waals surface area contributed by atoms with Crippen molar-refractivity contribution in [1.29, 1.82) is 0 Å². The van der Waals surface area contributed by atoms with Crippen LogP contribution in [0.15, 0.2) is 18.3 Å². The second-order valence-corrected chi connectivity index (χ2v) is 7.91. The third kappa shape index (κ3) is 3.65. The van der Waals surface area contributed by atoms with Gasteiger partial charge >= 0.3 is 0 Å². The highest BCUT2D eigenvalue weighted by Crippen LogP contribution is 2.37. The number of pyridine rings is 1. The van der Waals surface area contributed by atoms with Gasteiger partial charge in [0, 0.05) is 19.0 Å². The zero-order valence-electron chi connectivity index (χ0n) is 14.2. The van der Waals surface area contributed by atoms with Gasteiger partial charge in [0.1, 0.15) is 11.6 Å². The van der Waals surface area contributed by atoms with Gasteiger partial charge in [-0.15, -0.1) is 0 Å². The van der Waals surface area contributed by atoms with E-state index in [-0.39, 0.29) is 0 Å². The van der Waals surface area contributed by atoms with Crippen molar-refractivity contribution in [1.82, 2.24) is 15.0 Å². The minimum Gasteiger partial charge on any atom is -0.383 e. The molecule has 0 unspecified atom stereocenters. The van der Waals surface area contributed by atoms with E-state index in [0.29, 0.717) is 17.7 Å². The van der Waals surface area contributed by atoms with E-state index in [1.807, 2.05) is 12.3 Å². The molecule has 0 atom stereocenters. The van der Waals surface area contributed by atoms with Crippen molar-refractivity contribution < 1.29 is 0 Å². The van der Waals surface area contributed by atoms with Crippen LogP contribution in [0.25, 0.3) is 0 Å². The first-order valence-electron chi connectivity index (χ1n) is 9.01. The summed E-state index contributed by atoms with van der Waals surface area (Å²) in [5, 5.41) is 3.22. The summed E-state index contributed by atoms with van der Waals surface area (Å²) in [5.41, 5.74) is 8.39. The van der Waals surface area contributed by atoms with Gasteiger partial charge in [-0.25, -0.2) is 9.97 Å². The Hall–Kier alpha value is -1.64. The molecular formula is C18H23IN6. The molecule has 2 aliphatic rings. The molecule has 4 rings (SSSR count). The third-order valence-electron chi connectivity index (χ3n) is 5.10. The summed E-state index contributed by atoms with van der Waals surface area (Å²) in [6.07, 6.45) is 9.37. The molecule has 1 saturated heterocycles. The molecule has 132 valence electrons. The molecule has 7 heteroatoms. The van der Waals surface area contributed by atoms with Gasteiger partial charge in [-0.2, -0.15) is 4.98 Å². The smallest absolute Gasteiger partial charge is 0.230 e. The zero-order valence-corrected chi connectivity index (χ0v) is 16.4. The number of anilines is 4. The average Bonchev–Trinajstić information content (AvgIpc) is 3.32. The van der Waals surface area contributed by atoms with Gasteiger partial charge in [-0.1, -0.05) is 12.8 Å². The lowest BCUT2D eigenvalue weighted by atomic mass is 10.0. The van der Waals surface area contributed by atoms with Crippen LogP contribution in [0.1, 0.15) is 50.1 Å². The predicted octanol–water partition coefficient (Wildman–Crippen LogP) is 4.06. The summed E-state index contributed by atoms with van der Waals surface area (Å²) in [7, 11) is 0. The van der Waals surface area contributed by atoms with Crippen LogP contribution in [0, 0.1) is 3.57 Å². The molecule has 0 aromatic carbocycles. The topological polar surface area (TPSA) is 80.0 Å². The molecule has 1 aliphatic carbocycles. The van der Waals surface area contributed by atoms with Crippen LogP contribution in [0.5, 0.6) is 0 Å². The maximum atomic E-state index is 6.12. The van der Waals surface area contributed by atoms with Crippen molar-refractivity contribution in [3.63, 3.8) is 0 Å². The van der Waals surface area contributed by atoms with Gasteiger partial charge in [0.05, 0.1) is 21.1 Å². The van der Waals surface area contributed by atoms with Gasteiger partial charge in [0.2, 0.25) is 5.95 Å². The van der Waals surface area contributed by atoms with E-state index < -0.39 is 0 Å². The molecule has 0 spiro atoms. The lowest BCUT2D eigenvalue weighted by Gasteiger charge is -2.17. The first kappa shape index (κ1) is 16.8. The van der Waals surface area contributed by atoms with Crippen LogP contribution in [-0.4, -0.2) is 28.0 Å². The van der Waals surface area contributed by atoms with Crippen LogP contribution in [0.2, 0.25) is 0 Å². The first-order valence-corrected chi connectivity index (χ1v) is 10.1. The quantitative estimate of drug-likeness (QED) is 0.685. The van der Waals surface area contributed by atoms with Crippen molar-refractivity contribution in [2.75, 3.05) is 29.0 Å². The highest BCUT2D eigenvalue weighted by molar-refractivity contribution is 14.1. The van der Waals surface area contributed by atoms with Gasteiger partial charge < -0.3 is 16.0 Å². The minimum atomic E-state index is 0.503. The number of nitrogens with two attached hydrogens (primary N) is 1. The normalized spacial score (nSPS) is 18.0. The molecule has 2 aromatic heterocycles. The second kappa shape index (κ2) is 7.31. The maximum Gasteiger partial charge on any atom is 0.230 e. The first-order chi connectivity index (χ1) is 12.2. The van der Waals surface area contributed by atoms with Crippen LogP contribution < -0.4 is 16.0 Å². The number of halogens is 1. The monoisotopic (exact) mass is 450 g/mol. The molecule has 3 heterocycles. The number of rotatable bonds is 4. The standard InChI is InChI=1S/C18H23IN6/c19-15-16(12-5-1-2-6-12)23-18(24-17(15)20)22-14-8-7-13(11-21-14)25-9-3-4-10-25/h7-8,11-12H,1-6,9-10H2,(H3,20,21,22,23,24). The molecule has 25 heavy (non-hydrogen) atoms. The molecule has 3 N–H and O–H groups in total. The summed E-state index contributed by atoms with van der Waals surface area (Å²) in [5.74, 6) is 2.35. The fourth-order valence-electron chi connectivity index (χ4n) is 3.75. The summed E-state index contributed by atoms with van der Waals surface area (Å²) < 4.78 is 0.993. The number of aromatic nitrogens is 3. The molecule has 0 amide bonds. The molecule has 0 radical (unpaired) electrons. The second-order valence-electron chi connectivity index (χ2n) is 6.83. The predicted molar refractivity (Wildman–Crippen MR) is 109 cm³/mol. The summed E-state index contributed by atoms with van der Waals surface area (Å²) in [6, 6.07) is 4.09. The maximum absolute atomic E-state index is 6.12. The Morgan fingerprint density at radius 1 is 1.08 bits per heavy atom. The zero-order chi connectivity index (χ0) is 17.2. The number of hydrogen-bond acceptors (Lipinski definition) is 6. The fourth-order valence-corrected chi connectivity index (χ4v) is 4.43. The van der Waals surface area contributed by atoms with Crippen molar-refractivity contribution in [2.24, 2.45) is 0 Å². The Morgan fingerprint density at radius 2 is 1.84 bits per heavy atom.